The third-order valence-electron chi connectivity index (χ3n) is 4.18. The first-order valence-electron chi connectivity index (χ1n) is 8.53. The van der Waals surface area contributed by atoms with Crippen molar-refractivity contribution in [3.05, 3.63) is 30.1 Å². The Morgan fingerprint density at radius 3 is 2.78 bits per heavy atom. The third kappa shape index (κ3) is 5.48. The van der Waals surface area contributed by atoms with Crippen molar-refractivity contribution in [1.82, 2.24) is 14.8 Å². The van der Waals surface area contributed by atoms with Crippen LogP contribution in [0.3, 0.4) is 0 Å². The Morgan fingerprint density at radius 1 is 1.22 bits per heavy atom. The van der Waals surface area contributed by atoms with E-state index in [2.05, 4.69) is 26.9 Å². The number of aliphatic imine (C=N–C) groups is 1. The van der Waals surface area contributed by atoms with Crippen LogP contribution in [0.4, 0.5) is 0 Å². The molecule has 0 bridgehead atoms. The van der Waals surface area contributed by atoms with Crippen LogP contribution in [0.15, 0.2) is 29.5 Å². The number of hydrogen-bond donors (Lipinski definition) is 0. The number of thioether (sulfide) groups is 1. The van der Waals surface area contributed by atoms with Crippen molar-refractivity contribution in [2.45, 2.75) is 19.4 Å². The van der Waals surface area contributed by atoms with Crippen molar-refractivity contribution in [1.29, 1.82) is 0 Å². The smallest absolute Gasteiger partial charge is 0.159 e. The highest BCUT2D eigenvalue weighted by molar-refractivity contribution is 8.13. The van der Waals surface area contributed by atoms with E-state index in [-0.39, 0.29) is 0 Å². The van der Waals surface area contributed by atoms with E-state index in [0.717, 1.165) is 52.5 Å². The summed E-state index contributed by atoms with van der Waals surface area (Å²) < 4.78 is 5.42. The van der Waals surface area contributed by atoms with Crippen molar-refractivity contribution in [2.75, 3.05) is 51.7 Å². The fraction of sp³-hybridized carbons (Fsp3) is 0.647. The van der Waals surface area contributed by atoms with Gasteiger partial charge in [0.15, 0.2) is 5.17 Å². The van der Waals surface area contributed by atoms with E-state index in [9.17, 15) is 0 Å². The zero-order valence-electron chi connectivity index (χ0n) is 13.7. The van der Waals surface area contributed by atoms with Gasteiger partial charge in [-0.2, -0.15) is 0 Å². The van der Waals surface area contributed by atoms with Gasteiger partial charge >= 0.3 is 0 Å². The van der Waals surface area contributed by atoms with Crippen LogP contribution >= 0.6 is 11.8 Å². The Bertz CT molecular complexity index is 491. The Labute approximate surface area is 143 Å². The maximum absolute atomic E-state index is 5.42. The molecule has 1 fully saturated rings. The van der Waals surface area contributed by atoms with E-state index in [0.29, 0.717) is 0 Å². The van der Waals surface area contributed by atoms with Crippen LogP contribution in [0.2, 0.25) is 0 Å². The van der Waals surface area contributed by atoms with Gasteiger partial charge in [-0.05, 0) is 30.5 Å². The van der Waals surface area contributed by atoms with Gasteiger partial charge in [0.25, 0.3) is 0 Å². The molecule has 1 aromatic heterocycles. The molecular weight excluding hydrogens is 308 g/mol. The minimum atomic E-state index is 0.878. The third-order valence-corrected chi connectivity index (χ3v) is 5.32. The standard InChI is InChI=1S/C17H26N4OS/c1-5-19-17(23-14-1)21(15-16-3-6-18-7-4-16)9-2-8-20-10-12-22-13-11-20/h3-4,6-7H,1-2,5,8-15H2. The molecule has 0 spiro atoms. The van der Waals surface area contributed by atoms with E-state index in [1.54, 1.807) is 0 Å². The molecule has 0 atom stereocenters. The lowest BCUT2D eigenvalue weighted by molar-refractivity contribution is 0.0368. The maximum atomic E-state index is 5.42. The van der Waals surface area contributed by atoms with Gasteiger partial charge in [-0.15, -0.1) is 0 Å². The number of ether oxygens (including phenoxy) is 1. The number of hydrogen-bond acceptors (Lipinski definition) is 6. The highest BCUT2D eigenvalue weighted by Gasteiger charge is 2.16. The van der Waals surface area contributed by atoms with E-state index in [4.69, 9.17) is 9.73 Å². The van der Waals surface area contributed by atoms with Crippen molar-refractivity contribution < 1.29 is 4.74 Å². The van der Waals surface area contributed by atoms with E-state index < -0.39 is 0 Å². The molecular formula is C17H26N4OS. The minimum Gasteiger partial charge on any atom is -0.379 e. The second-order valence-electron chi connectivity index (χ2n) is 5.95. The molecule has 3 heterocycles. The average molecular weight is 334 g/mol. The fourth-order valence-corrected chi connectivity index (χ4v) is 3.88. The quantitative estimate of drug-likeness (QED) is 0.797. The predicted octanol–water partition coefficient (Wildman–Crippen LogP) is 2.10. The molecule has 5 nitrogen and oxygen atoms in total. The molecule has 0 unspecified atom stereocenters. The highest BCUT2D eigenvalue weighted by atomic mass is 32.2. The number of rotatable bonds is 6. The van der Waals surface area contributed by atoms with Crippen LogP contribution in [-0.2, 0) is 11.3 Å². The molecule has 0 N–H and O–H groups in total. The molecule has 1 saturated heterocycles. The van der Waals surface area contributed by atoms with Gasteiger partial charge in [0.1, 0.15) is 0 Å². The van der Waals surface area contributed by atoms with Crippen LogP contribution in [0.25, 0.3) is 0 Å². The number of nitrogens with zero attached hydrogens (tertiary/aromatic N) is 4. The first-order valence-corrected chi connectivity index (χ1v) is 9.51. The van der Waals surface area contributed by atoms with E-state index in [1.165, 1.54) is 29.3 Å². The summed E-state index contributed by atoms with van der Waals surface area (Å²) in [5.41, 5.74) is 1.31. The Balaban J connectivity index is 1.54. The second kappa shape index (κ2) is 9.25. The van der Waals surface area contributed by atoms with Crippen LogP contribution in [0, 0.1) is 0 Å². The Kier molecular flexibility index (Phi) is 6.73. The summed E-state index contributed by atoms with van der Waals surface area (Å²) in [4.78, 5) is 13.8. The molecule has 2 aliphatic rings. The van der Waals surface area contributed by atoms with Gasteiger partial charge in [-0.25, -0.2) is 0 Å². The Hall–Kier alpha value is -1.11. The Morgan fingerprint density at radius 2 is 2.04 bits per heavy atom. The first-order chi connectivity index (χ1) is 11.4. The van der Waals surface area contributed by atoms with Crippen LogP contribution in [0.5, 0.6) is 0 Å². The lowest BCUT2D eigenvalue weighted by Gasteiger charge is -2.30. The van der Waals surface area contributed by atoms with Crippen molar-refractivity contribution in [3.63, 3.8) is 0 Å². The lowest BCUT2D eigenvalue weighted by Crippen LogP contribution is -2.39. The molecule has 0 aliphatic carbocycles. The number of aromatic nitrogens is 1. The normalized spacial score (nSPS) is 19.4. The molecule has 3 rings (SSSR count). The topological polar surface area (TPSA) is 41.0 Å². The SMILES string of the molecule is c1cc(CN(CCCN2CCOCC2)C2=NCCCS2)ccn1. The van der Waals surface area contributed by atoms with Crippen molar-refractivity contribution in [2.24, 2.45) is 4.99 Å². The summed E-state index contributed by atoms with van der Waals surface area (Å²) in [5, 5.41) is 1.22. The van der Waals surface area contributed by atoms with Gasteiger partial charge < -0.3 is 9.64 Å². The highest BCUT2D eigenvalue weighted by Crippen LogP contribution is 2.18. The lowest BCUT2D eigenvalue weighted by atomic mass is 10.2. The first kappa shape index (κ1) is 16.7. The summed E-state index contributed by atoms with van der Waals surface area (Å²) in [6.07, 6.45) is 6.11. The molecule has 0 radical (unpaired) electrons. The summed E-state index contributed by atoms with van der Waals surface area (Å²) in [5.74, 6) is 1.19. The van der Waals surface area contributed by atoms with Crippen LogP contribution < -0.4 is 0 Å². The monoisotopic (exact) mass is 334 g/mol. The predicted molar refractivity (Wildman–Crippen MR) is 95.9 cm³/mol. The number of amidine groups is 1. The maximum Gasteiger partial charge on any atom is 0.159 e. The van der Waals surface area contributed by atoms with Crippen LogP contribution in [-0.4, -0.2) is 71.6 Å². The van der Waals surface area contributed by atoms with Crippen molar-refractivity contribution in [3.8, 4) is 0 Å². The molecule has 2 aliphatic heterocycles. The minimum absolute atomic E-state index is 0.878. The molecule has 0 saturated carbocycles. The summed E-state index contributed by atoms with van der Waals surface area (Å²) in [6, 6.07) is 4.20. The zero-order chi connectivity index (χ0) is 15.7. The summed E-state index contributed by atoms with van der Waals surface area (Å²) in [6.45, 7) is 8.00. The van der Waals surface area contributed by atoms with Gasteiger partial charge in [0.05, 0.1) is 13.2 Å². The molecule has 0 aromatic carbocycles. The van der Waals surface area contributed by atoms with Gasteiger partial charge in [0, 0.05) is 57.4 Å². The molecule has 1 aromatic rings. The van der Waals surface area contributed by atoms with Gasteiger partial charge in [-0.1, -0.05) is 11.8 Å². The summed E-state index contributed by atoms with van der Waals surface area (Å²) >= 11 is 1.90. The zero-order valence-corrected chi connectivity index (χ0v) is 14.5. The molecule has 126 valence electrons. The summed E-state index contributed by atoms with van der Waals surface area (Å²) in [7, 11) is 0. The largest absolute Gasteiger partial charge is 0.379 e. The molecule has 6 heteroatoms. The number of morpholine rings is 1. The molecule has 23 heavy (non-hydrogen) atoms. The van der Waals surface area contributed by atoms with Gasteiger partial charge in [-0.3, -0.25) is 14.9 Å². The average Bonchev–Trinajstić information content (AvgIpc) is 2.63. The van der Waals surface area contributed by atoms with E-state index in [1.807, 2.05) is 24.2 Å². The van der Waals surface area contributed by atoms with E-state index >= 15 is 0 Å². The van der Waals surface area contributed by atoms with Crippen LogP contribution in [0.1, 0.15) is 18.4 Å². The number of pyridine rings is 1. The fourth-order valence-electron chi connectivity index (χ4n) is 2.90. The second-order valence-corrected chi connectivity index (χ2v) is 7.01. The molecule has 0 amide bonds. The van der Waals surface area contributed by atoms with Crippen molar-refractivity contribution >= 4 is 16.9 Å². The van der Waals surface area contributed by atoms with Gasteiger partial charge in [0.2, 0.25) is 0 Å².